The summed E-state index contributed by atoms with van der Waals surface area (Å²) in [4.78, 5) is 12.6. The van der Waals surface area contributed by atoms with E-state index in [1.807, 2.05) is 6.92 Å². The largest absolute Gasteiger partial charge is 0.481 e. The first-order valence-corrected chi connectivity index (χ1v) is 6.58. The molecule has 1 saturated carbocycles. The molecule has 0 aromatic rings. The van der Waals surface area contributed by atoms with E-state index in [0.717, 1.165) is 6.42 Å². The fourth-order valence-corrected chi connectivity index (χ4v) is 2.40. The average molecular weight is 287 g/mol. The highest BCUT2D eigenvalue weighted by Gasteiger charge is 2.46. The zero-order valence-electron chi connectivity index (χ0n) is 10.6. The van der Waals surface area contributed by atoms with Crippen LogP contribution in [0.1, 0.15) is 19.8 Å². The minimum absolute atomic E-state index is 0.00201. The van der Waals surface area contributed by atoms with E-state index in [1.54, 1.807) is 11.1 Å². The van der Waals surface area contributed by atoms with E-state index in [2.05, 4.69) is 0 Å². The lowest BCUT2D eigenvalue weighted by Crippen LogP contribution is -2.25. The lowest BCUT2D eigenvalue weighted by atomic mass is 10.1. The number of hydrogen-bond donors (Lipinski definition) is 2. The Morgan fingerprint density at radius 3 is 2.84 bits per heavy atom. The molecule has 1 fully saturated rings. The molecule has 0 spiro atoms. The van der Waals surface area contributed by atoms with Crippen molar-refractivity contribution >= 4 is 17.6 Å². The molecule has 0 aromatic carbocycles. The van der Waals surface area contributed by atoms with Crippen molar-refractivity contribution in [3.63, 3.8) is 0 Å². The van der Waals surface area contributed by atoms with E-state index >= 15 is 0 Å². The monoisotopic (exact) mass is 286 g/mol. The van der Waals surface area contributed by atoms with Crippen LogP contribution >= 0.6 is 11.6 Å². The maximum atomic E-state index is 14.2. The van der Waals surface area contributed by atoms with Gasteiger partial charge in [-0.3, -0.25) is 4.79 Å². The molecule has 2 atom stereocenters. The lowest BCUT2D eigenvalue weighted by Gasteiger charge is -2.27. The van der Waals surface area contributed by atoms with Crippen molar-refractivity contribution in [2.75, 3.05) is 6.54 Å². The number of carboxylic acid groups (broad SMARTS) is 1. The van der Waals surface area contributed by atoms with Gasteiger partial charge in [0.25, 0.3) is 0 Å². The van der Waals surface area contributed by atoms with Crippen LogP contribution in [0.25, 0.3) is 0 Å². The average Bonchev–Trinajstić information content (AvgIpc) is 3.14. The van der Waals surface area contributed by atoms with Gasteiger partial charge in [0.1, 0.15) is 0 Å². The fraction of sp³-hybridized carbons (Fsp3) is 0.462. The molecule has 6 heteroatoms. The number of aliphatic carboxylic acids is 1. The highest BCUT2D eigenvalue weighted by atomic mass is 35.5. The Labute approximate surface area is 116 Å². The van der Waals surface area contributed by atoms with Crippen LogP contribution in [0, 0.1) is 11.8 Å². The SMILES string of the molecule is CCCN1C=CC(Cl)=C(F)/C1=C(/N)[C@H]1C[C@@H]1C(=O)O. The maximum absolute atomic E-state index is 14.2. The van der Waals surface area contributed by atoms with Crippen LogP contribution in [0.3, 0.4) is 0 Å². The van der Waals surface area contributed by atoms with Crippen LogP contribution in [0.5, 0.6) is 0 Å². The summed E-state index contributed by atoms with van der Waals surface area (Å²) in [5.41, 5.74) is 6.47. The smallest absolute Gasteiger partial charge is 0.307 e. The van der Waals surface area contributed by atoms with Crippen molar-refractivity contribution in [2.24, 2.45) is 17.6 Å². The Kier molecular flexibility index (Phi) is 3.85. The van der Waals surface area contributed by atoms with Crippen LogP contribution in [0.2, 0.25) is 0 Å². The number of allylic oxidation sites excluding steroid dienone is 4. The van der Waals surface area contributed by atoms with Crippen LogP contribution in [0.4, 0.5) is 4.39 Å². The second kappa shape index (κ2) is 5.25. The molecule has 1 aliphatic heterocycles. The van der Waals surface area contributed by atoms with Crippen molar-refractivity contribution in [1.29, 1.82) is 0 Å². The van der Waals surface area contributed by atoms with Crippen LogP contribution in [0.15, 0.2) is 34.5 Å². The minimum atomic E-state index is -0.891. The molecule has 1 aliphatic carbocycles. The van der Waals surface area contributed by atoms with E-state index in [1.165, 1.54) is 6.08 Å². The summed E-state index contributed by atoms with van der Waals surface area (Å²) >= 11 is 5.78. The summed E-state index contributed by atoms with van der Waals surface area (Å²) in [7, 11) is 0. The van der Waals surface area contributed by atoms with Gasteiger partial charge in [-0.25, -0.2) is 4.39 Å². The summed E-state index contributed by atoms with van der Waals surface area (Å²) in [6.07, 6.45) is 4.43. The van der Waals surface area contributed by atoms with E-state index in [9.17, 15) is 9.18 Å². The van der Waals surface area contributed by atoms with Crippen molar-refractivity contribution in [3.8, 4) is 0 Å². The molecule has 0 aromatic heterocycles. The Morgan fingerprint density at radius 1 is 1.63 bits per heavy atom. The molecule has 0 radical (unpaired) electrons. The van der Waals surface area contributed by atoms with Gasteiger partial charge in [-0.05, 0) is 18.9 Å². The minimum Gasteiger partial charge on any atom is -0.481 e. The molecule has 19 heavy (non-hydrogen) atoms. The predicted molar refractivity (Wildman–Crippen MR) is 70.6 cm³/mol. The van der Waals surface area contributed by atoms with E-state index in [0.29, 0.717) is 13.0 Å². The number of carbonyl (C=O) groups is 1. The molecule has 0 amide bonds. The van der Waals surface area contributed by atoms with Crippen molar-refractivity contribution in [3.05, 3.63) is 34.5 Å². The molecule has 2 aliphatic rings. The molecular formula is C13H16ClFN2O2. The lowest BCUT2D eigenvalue weighted by molar-refractivity contribution is -0.138. The van der Waals surface area contributed by atoms with E-state index < -0.39 is 17.7 Å². The van der Waals surface area contributed by atoms with Crippen LogP contribution in [-0.4, -0.2) is 22.5 Å². The van der Waals surface area contributed by atoms with Gasteiger partial charge < -0.3 is 15.7 Å². The Morgan fingerprint density at radius 2 is 2.32 bits per heavy atom. The van der Waals surface area contributed by atoms with Crippen molar-refractivity contribution in [2.45, 2.75) is 19.8 Å². The molecule has 2 rings (SSSR count). The van der Waals surface area contributed by atoms with Gasteiger partial charge in [-0.1, -0.05) is 18.5 Å². The third-order valence-corrected chi connectivity index (χ3v) is 3.64. The molecule has 3 N–H and O–H groups in total. The molecule has 4 nitrogen and oxygen atoms in total. The van der Waals surface area contributed by atoms with Gasteiger partial charge in [0.05, 0.1) is 16.6 Å². The van der Waals surface area contributed by atoms with Crippen molar-refractivity contribution < 1.29 is 14.3 Å². The Balaban J connectivity index is 2.33. The second-order valence-corrected chi connectivity index (χ2v) is 5.17. The van der Waals surface area contributed by atoms with Gasteiger partial charge in [-0.15, -0.1) is 0 Å². The van der Waals surface area contributed by atoms with Gasteiger partial charge in [0.15, 0.2) is 5.83 Å². The zero-order valence-corrected chi connectivity index (χ0v) is 11.3. The molecular weight excluding hydrogens is 271 g/mol. The standard InChI is InChI=1S/C13H16ClFN2O2/c1-2-4-17-5-3-9(14)10(15)12(17)11(16)7-6-8(7)13(18)19/h3,5,7-8H,2,4,6,16H2,1H3,(H,18,19)/b12-11-/t7-,8-/m0/s1. The zero-order chi connectivity index (χ0) is 14.2. The first-order chi connectivity index (χ1) is 8.97. The molecule has 0 saturated heterocycles. The topological polar surface area (TPSA) is 66.6 Å². The van der Waals surface area contributed by atoms with Gasteiger partial charge in [0.2, 0.25) is 0 Å². The first kappa shape index (κ1) is 13.9. The Hall–Kier alpha value is -1.49. The van der Waals surface area contributed by atoms with Gasteiger partial charge in [0, 0.05) is 24.4 Å². The van der Waals surface area contributed by atoms with Crippen LogP contribution < -0.4 is 5.73 Å². The number of rotatable bonds is 4. The number of nitrogens with two attached hydrogens (primary N) is 1. The summed E-state index contributed by atoms with van der Waals surface area (Å²) in [6.45, 7) is 2.57. The molecule has 104 valence electrons. The summed E-state index contributed by atoms with van der Waals surface area (Å²) < 4.78 is 14.2. The number of halogens is 2. The predicted octanol–water partition coefficient (Wildman–Crippen LogP) is 2.54. The number of hydrogen-bond acceptors (Lipinski definition) is 3. The third-order valence-electron chi connectivity index (χ3n) is 3.35. The Bertz CT molecular complexity index is 499. The van der Waals surface area contributed by atoms with Crippen molar-refractivity contribution in [1.82, 2.24) is 4.90 Å². The van der Waals surface area contributed by atoms with E-state index in [4.69, 9.17) is 22.4 Å². The number of nitrogens with zero attached hydrogens (tertiary/aromatic N) is 1. The second-order valence-electron chi connectivity index (χ2n) is 4.76. The number of carboxylic acids is 1. The van der Waals surface area contributed by atoms with E-state index in [-0.39, 0.29) is 22.3 Å². The maximum Gasteiger partial charge on any atom is 0.307 e. The fourth-order valence-electron chi connectivity index (χ4n) is 2.25. The highest BCUT2D eigenvalue weighted by Crippen LogP contribution is 2.45. The molecule has 1 heterocycles. The summed E-state index contributed by atoms with van der Waals surface area (Å²) in [5, 5.41) is 8.92. The quantitative estimate of drug-likeness (QED) is 0.833. The summed E-state index contributed by atoms with van der Waals surface area (Å²) in [6, 6.07) is 0. The van der Waals surface area contributed by atoms with Gasteiger partial charge in [-0.2, -0.15) is 0 Å². The van der Waals surface area contributed by atoms with Gasteiger partial charge >= 0.3 is 5.97 Å². The normalized spacial score (nSPS) is 28.7. The summed E-state index contributed by atoms with van der Waals surface area (Å²) in [5.74, 6) is -2.27. The molecule has 0 unspecified atom stereocenters. The van der Waals surface area contributed by atoms with Crippen LogP contribution in [-0.2, 0) is 4.79 Å². The highest BCUT2D eigenvalue weighted by molar-refractivity contribution is 6.31. The third kappa shape index (κ3) is 2.61. The first-order valence-electron chi connectivity index (χ1n) is 6.20. The molecule has 0 bridgehead atoms.